The molecule has 8 heteroatoms. The molecule has 1 N–H and O–H groups in total. The number of rotatable bonds is 4. The summed E-state index contributed by atoms with van der Waals surface area (Å²) in [6.07, 6.45) is 2.84. The Morgan fingerprint density at radius 3 is 2.78 bits per heavy atom. The number of carbonyl (C=O) groups is 1. The Morgan fingerprint density at radius 1 is 1.44 bits per heavy atom. The molecule has 0 aromatic carbocycles. The second-order valence-electron chi connectivity index (χ2n) is 7.60. The predicted molar refractivity (Wildman–Crippen MR) is 104 cm³/mol. The van der Waals surface area contributed by atoms with Gasteiger partial charge in [0.15, 0.2) is 0 Å². The summed E-state index contributed by atoms with van der Waals surface area (Å²) in [5.74, 6) is -0.0697. The molecule has 0 aliphatic carbocycles. The van der Waals surface area contributed by atoms with E-state index < -0.39 is 11.9 Å². The average molecular weight is 393 g/mol. The number of aromatic nitrogens is 2. The molecule has 2 aromatic heterocycles. The van der Waals surface area contributed by atoms with E-state index >= 15 is 0 Å². The van der Waals surface area contributed by atoms with E-state index in [9.17, 15) is 9.18 Å². The van der Waals surface area contributed by atoms with Crippen molar-refractivity contribution in [3.05, 3.63) is 41.2 Å². The fraction of sp³-hybridized carbons (Fsp3) is 0.421. The third-order valence-corrected chi connectivity index (χ3v) is 4.77. The molecule has 1 saturated heterocycles. The number of halogens is 2. The smallest absolute Gasteiger partial charge is 0.249 e. The van der Waals surface area contributed by atoms with Crippen molar-refractivity contribution in [2.75, 3.05) is 16.8 Å². The van der Waals surface area contributed by atoms with E-state index in [1.165, 1.54) is 12.3 Å². The number of nitrogens with one attached hydrogen (secondary N) is 1. The van der Waals surface area contributed by atoms with Crippen LogP contribution in [-0.2, 0) is 10.2 Å². The highest BCUT2D eigenvalue weighted by atomic mass is 35.5. The first-order chi connectivity index (χ1) is 12.7. The molecule has 2 aromatic rings. The SMILES string of the molecule is C=C(F)c1cnc(N2CCCC2C(=O)Nc2cc(C(C)(C)C)no2)c(Cl)c1. The van der Waals surface area contributed by atoms with Gasteiger partial charge in [-0.15, -0.1) is 0 Å². The Hall–Kier alpha value is -2.41. The van der Waals surface area contributed by atoms with Gasteiger partial charge in [-0.05, 0) is 18.9 Å². The van der Waals surface area contributed by atoms with Crippen molar-refractivity contribution in [1.29, 1.82) is 0 Å². The summed E-state index contributed by atoms with van der Waals surface area (Å²) in [7, 11) is 0. The molecule has 3 rings (SSSR count). The Balaban J connectivity index is 1.77. The van der Waals surface area contributed by atoms with Crippen molar-refractivity contribution in [1.82, 2.24) is 10.1 Å². The zero-order chi connectivity index (χ0) is 19.8. The van der Waals surface area contributed by atoms with Gasteiger partial charge in [0.2, 0.25) is 11.8 Å². The number of pyridine rings is 1. The highest BCUT2D eigenvalue weighted by Gasteiger charge is 2.33. The van der Waals surface area contributed by atoms with Crippen molar-refractivity contribution in [3.63, 3.8) is 0 Å². The second-order valence-corrected chi connectivity index (χ2v) is 8.01. The van der Waals surface area contributed by atoms with E-state index in [0.717, 1.165) is 12.1 Å². The maximum Gasteiger partial charge on any atom is 0.249 e. The quantitative estimate of drug-likeness (QED) is 0.825. The maximum absolute atomic E-state index is 13.3. The van der Waals surface area contributed by atoms with E-state index in [4.69, 9.17) is 16.1 Å². The highest BCUT2D eigenvalue weighted by Crippen LogP contribution is 2.32. The number of hydrogen-bond donors (Lipinski definition) is 1. The van der Waals surface area contributed by atoms with Gasteiger partial charge in [-0.25, -0.2) is 9.37 Å². The molecule has 6 nitrogen and oxygen atoms in total. The number of anilines is 2. The van der Waals surface area contributed by atoms with Crippen LogP contribution in [0.15, 0.2) is 29.4 Å². The molecule has 1 fully saturated rings. The third-order valence-electron chi connectivity index (χ3n) is 4.49. The molecule has 1 atom stereocenters. The summed E-state index contributed by atoms with van der Waals surface area (Å²) in [5.41, 5.74) is 0.805. The molecular formula is C19H22ClFN4O2. The molecule has 0 bridgehead atoms. The van der Waals surface area contributed by atoms with Crippen LogP contribution in [0.25, 0.3) is 5.83 Å². The molecule has 0 radical (unpaired) electrons. The lowest BCUT2D eigenvalue weighted by Crippen LogP contribution is -2.40. The van der Waals surface area contributed by atoms with Crippen molar-refractivity contribution in [2.24, 2.45) is 0 Å². The Bertz CT molecular complexity index is 875. The first kappa shape index (κ1) is 19.4. The maximum atomic E-state index is 13.3. The van der Waals surface area contributed by atoms with Gasteiger partial charge in [-0.3, -0.25) is 10.1 Å². The zero-order valence-corrected chi connectivity index (χ0v) is 16.3. The number of nitrogens with zero attached hydrogens (tertiary/aromatic N) is 3. The van der Waals surface area contributed by atoms with Gasteiger partial charge < -0.3 is 9.42 Å². The van der Waals surface area contributed by atoms with Crippen molar-refractivity contribution < 1.29 is 13.7 Å². The summed E-state index contributed by atoms with van der Waals surface area (Å²) < 4.78 is 18.5. The Labute approximate surface area is 162 Å². The minimum absolute atomic E-state index is 0.175. The fourth-order valence-electron chi connectivity index (χ4n) is 2.98. The summed E-state index contributed by atoms with van der Waals surface area (Å²) in [6, 6.07) is 2.74. The van der Waals surface area contributed by atoms with Crippen LogP contribution < -0.4 is 10.2 Å². The van der Waals surface area contributed by atoms with Crippen LogP contribution in [0.1, 0.15) is 44.9 Å². The third kappa shape index (κ3) is 4.13. The normalized spacial score (nSPS) is 17.2. The Morgan fingerprint density at radius 2 is 2.19 bits per heavy atom. The van der Waals surface area contributed by atoms with Crippen molar-refractivity contribution >= 4 is 35.0 Å². The molecule has 27 heavy (non-hydrogen) atoms. The number of carbonyl (C=O) groups excluding carboxylic acids is 1. The van der Waals surface area contributed by atoms with E-state index in [0.29, 0.717) is 24.7 Å². The van der Waals surface area contributed by atoms with Crippen LogP contribution in [0.3, 0.4) is 0 Å². The number of amides is 1. The van der Waals surface area contributed by atoms with Gasteiger partial charge in [0.05, 0.1) is 10.7 Å². The van der Waals surface area contributed by atoms with Gasteiger partial charge in [0.1, 0.15) is 17.7 Å². The van der Waals surface area contributed by atoms with Gasteiger partial charge >= 0.3 is 0 Å². The van der Waals surface area contributed by atoms with Crippen LogP contribution in [-0.4, -0.2) is 28.6 Å². The van der Waals surface area contributed by atoms with E-state index in [-0.39, 0.29) is 21.9 Å². The van der Waals surface area contributed by atoms with Crippen molar-refractivity contribution in [3.8, 4) is 0 Å². The van der Waals surface area contributed by atoms with E-state index in [1.807, 2.05) is 25.7 Å². The molecule has 1 aliphatic rings. The minimum atomic E-state index is -0.605. The van der Waals surface area contributed by atoms with Crippen molar-refractivity contribution in [2.45, 2.75) is 45.1 Å². The average Bonchev–Trinajstić information content (AvgIpc) is 3.23. The molecule has 0 spiro atoms. The molecule has 0 saturated carbocycles. The molecule has 1 aliphatic heterocycles. The summed E-state index contributed by atoms with van der Waals surface area (Å²) in [6.45, 7) is 9.91. The standard InChI is InChI=1S/C19H22ClFN4O2/c1-11(21)12-8-13(20)17(22-10-12)25-7-5-6-14(25)18(26)23-16-9-15(24-27-16)19(2,3)4/h8-10,14H,1,5-7H2,2-4H3,(H,23,26). The zero-order valence-electron chi connectivity index (χ0n) is 15.6. The minimum Gasteiger partial charge on any atom is -0.343 e. The first-order valence-electron chi connectivity index (χ1n) is 8.72. The Kier molecular flexibility index (Phi) is 5.24. The van der Waals surface area contributed by atoms with Gasteiger partial charge in [-0.2, -0.15) is 0 Å². The highest BCUT2D eigenvalue weighted by molar-refractivity contribution is 6.33. The summed E-state index contributed by atoms with van der Waals surface area (Å²) >= 11 is 6.27. The molecule has 1 amide bonds. The lowest BCUT2D eigenvalue weighted by molar-refractivity contribution is -0.117. The first-order valence-corrected chi connectivity index (χ1v) is 9.09. The van der Waals surface area contributed by atoms with E-state index in [1.54, 1.807) is 6.07 Å². The molecule has 3 heterocycles. The monoisotopic (exact) mass is 392 g/mol. The number of hydrogen-bond acceptors (Lipinski definition) is 5. The second kappa shape index (κ2) is 7.31. The van der Waals surface area contributed by atoms with Crippen LogP contribution in [0, 0.1) is 0 Å². The predicted octanol–water partition coefficient (Wildman–Crippen LogP) is 4.57. The van der Waals surface area contributed by atoms with Crippen LogP contribution in [0.4, 0.5) is 16.1 Å². The fourth-order valence-corrected chi connectivity index (χ4v) is 3.25. The molecule has 144 valence electrons. The molecular weight excluding hydrogens is 371 g/mol. The summed E-state index contributed by atoms with van der Waals surface area (Å²) in [5, 5.41) is 7.05. The largest absolute Gasteiger partial charge is 0.343 e. The van der Waals surface area contributed by atoms with Gasteiger partial charge in [0.25, 0.3) is 0 Å². The lowest BCUT2D eigenvalue weighted by atomic mass is 9.92. The lowest BCUT2D eigenvalue weighted by Gasteiger charge is -2.25. The molecule has 1 unspecified atom stereocenters. The van der Waals surface area contributed by atoms with E-state index in [2.05, 4.69) is 22.0 Å². The van der Waals surface area contributed by atoms with Crippen LogP contribution in [0.5, 0.6) is 0 Å². The summed E-state index contributed by atoms with van der Waals surface area (Å²) in [4.78, 5) is 18.8. The topological polar surface area (TPSA) is 71.3 Å². The van der Waals surface area contributed by atoms with Crippen LogP contribution in [0.2, 0.25) is 5.02 Å². The van der Waals surface area contributed by atoms with Gasteiger partial charge in [-0.1, -0.05) is 44.1 Å². The van der Waals surface area contributed by atoms with Gasteiger partial charge in [0, 0.05) is 29.8 Å². The van der Waals surface area contributed by atoms with Crippen LogP contribution >= 0.6 is 11.6 Å².